The molecule has 0 radical (unpaired) electrons. The van der Waals surface area contributed by atoms with Crippen LogP contribution in [0.2, 0.25) is 0 Å². The quantitative estimate of drug-likeness (QED) is 0.209. The molecule has 0 spiro atoms. The Hall–Kier alpha value is -1.10. The van der Waals surface area contributed by atoms with E-state index in [-0.39, 0.29) is 28.6 Å². The van der Waals surface area contributed by atoms with Crippen LogP contribution in [0.25, 0.3) is 0 Å². The fraction of sp³-hybridized carbons (Fsp3) is 0.741. The summed E-state index contributed by atoms with van der Waals surface area (Å²) in [6.07, 6.45) is 8.03. The first-order chi connectivity index (χ1) is 15.1. The van der Waals surface area contributed by atoms with Crippen LogP contribution in [-0.4, -0.2) is 34.8 Å². The van der Waals surface area contributed by atoms with Gasteiger partial charge in [-0.15, -0.1) is 11.6 Å². The highest BCUT2D eigenvalue weighted by Gasteiger charge is 2.41. The zero-order valence-corrected chi connectivity index (χ0v) is 21.1. The maximum atomic E-state index is 11.2. The lowest BCUT2D eigenvalue weighted by Crippen LogP contribution is -2.19. The van der Waals surface area contributed by atoms with Crippen LogP contribution >= 0.6 is 11.6 Å². The molecule has 32 heavy (non-hydrogen) atoms. The molecule has 4 nitrogen and oxygen atoms in total. The molecule has 0 amide bonds. The molecule has 0 aromatic heterocycles. The number of rotatable bonds is 12. The van der Waals surface area contributed by atoms with Crippen LogP contribution in [-0.2, 0) is 9.53 Å². The highest BCUT2D eigenvalue weighted by molar-refractivity contribution is 6.21. The van der Waals surface area contributed by atoms with E-state index in [0.29, 0.717) is 12.8 Å². The van der Waals surface area contributed by atoms with E-state index in [9.17, 15) is 15.0 Å². The molecule has 1 aliphatic rings. The second-order valence-electron chi connectivity index (χ2n) is 10.7. The van der Waals surface area contributed by atoms with Crippen molar-refractivity contribution in [2.45, 2.75) is 108 Å². The number of carbonyl (C=O) groups excluding carboxylic acids is 1. The fourth-order valence-electron chi connectivity index (χ4n) is 4.93. The van der Waals surface area contributed by atoms with E-state index >= 15 is 0 Å². The fourth-order valence-corrected chi connectivity index (χ4v) is 5.40. The first-order valence-corrected chi connectivity index (χ1v) is 12.7. The Morgan fingerprint density at radius 2 is 1.78 bits per heavy atom. The Labute approximate surface area is 199 Å². The number of carbonyl (C=O) groups is 1. The van der Waals surface area contributed by atoms with Crippen molar-refractivity contribution in [1.29, 1.82) is 0 Å². The van der Waals surface area contributed by atoms with Gasteiger partial charge in [-0.2, -0.15) is 0 Å². The molecular formula is C27H43ClO4. The van der Waals surface area contributed by atoms with Crippen molar-refractivity contribution in [3.8, 4) is 0 Å². The Kier molecular flexibility index (Phi) is 11.0. The zero-order chi connectivity index (χ0) is 23.7. The summed E-state index contributed by atoms with van der Waals surface area (Å²) >= 11 is 6.63. The molecule has 1 aliphatic carbocycles. The Bertz CT molecular complexity index is 682. The predicted octanol–water partition coefficient (Wildman–Crippen LogP) is 6.52. The second-order valence-corrected chi connectivity index (χ2v) is 11.2. The van der Waals surface area contributed by atoms with Crippen LogP contribution in [0.1, 0.15) is 108 Å². The van der Waals surface area contributed by atoms with E-state index < -0.39 is 12.2 Å². The monoisotopic (exact) mass is 466 g/mol. The third-order valence-corrected chi connectivity index (χ3v) is 7.32. The van der Waals surface area contributed by atoms with E-state index in [0.717, 1.165) is 62.5 Å². The number of alkyl halides is 1. The van der Waals surface area contributed by atoms with Gasteiger partial charge in [0.1, 0.15) is 0 Å². The summed E-state index contributed by atoms with van der Waals surface area (Å²) in [5.41, 5.74) is 2.35. The molecule has 1 aromatic carbocycles. The molecule has 0 saturated heterocycles. The molecule has 1 fully saturated rings. The van der Waals surface area contributed by atoms with Gasteiger partial charge in [0.25, 0.3) is 0 Å². The minimum Gasteiger partial charge on any atom is -0.469 e. The Balaban J connectivity index is 1.88. The zero-order valence-electron chi connectivity index (χ0n) is 20.4. The molecule has 182 valence electrons. The minimum absolute atomic E-state index is 0.0206. The van der Waals surface area contributed by atoms with Crippen molar-refractivity contribution in [3.05, 3.63) is 35.4 Å². The number of hydrogen-bond donors (Lipinski definition) is 2. The van der Waals surface area contributed by atoms with E-state index in [1.807, 2.05) is 12.1 Å². The molecule has 0 bridgehead atoms. The molecule has 1 unspecified atom stereocenters. The molecule has 1 aromatic rings. The normalized spacial score (nSPS) is 24.5. The van der Waals surface area contributed by atoms with Crippen LogP contribution in [0.4, 0.5) is 0 Å². The average Bonchev–Trinajstić information content (AvgIpc) is 3.02. The van der Waals surface area contributed by atoms with Gasteiger partial charge >= 0.3 is 5.97 Å². The third-order valence-electron chi connectivity index (χ3n) is 6.81. The van der Waals surface area contributed by atoms with Crippen LogP contribution in [0, 0.1) is 11.3 Å². The van der Waals surface area contributed by atoms with Gasteiger partial charge in [-0.05, 0) is 54.6 Å². The topological polar surface area (TPSA) is 66.8 Å². The number of halogens is 1. The number of hydrogen-bond acceptors (Lipinski definition) is 4. The first-order valence-electron chi connectivity index (χ1n) is 12.3. The molecule has 1 saturated carbocycles. The molecule has 5 atom stereocenters. The number of methoxy groups -OCH3 is 1. The summed E-state index contributed by atoms with van der Waals surface area (Å²) in [5, 5.41) is 21.2. The molecular weight excluding hydrogens is 424 g/mol. The number of benzene rings is 1. The van der Waals surface area contributed by atoms with Gasteiger partial charge in [0.15, 0.2) is 0 Å². The van der Waals surface area contributed by atoms with Crippen LogP contribution in [0.15, 0.2) is 24.3 Å². The average molecular weight is 467 g/mol. The van der Waals surface area contributed by atoms with E-state index in [2.05, 4.69) is 37.6 Å². The largest absolute Gasteiger partial charge is 0.469 e. The highest BCUT2D eigenvalue weighted by Crippen LogP contribution is 2.45. The summed E-state index contributed by atoms with van der Waals surface area (Å²) < 4.78 is 4.68. The van der Waals surface area contributed by atoms with Crippen molar-refractivity contribution >= 4 is 17.6 Å². The highest BCUT2D eigenvalue weighted by atomic mass is 35.5. The third kappa shape index (κ3) is 8.68. The summed E-state index contributed by atoms with van der Waals surface area (Å²) in [6, 6.07) is 8.15. The maximum absolute atomic E-state index is 11.2. The van der Waals surface area contributed by atoms with E-state index in [4.69, 9.17) is 11.6 Å². The lowest BCUT2D eigenvalue weighted by Gasteiger charge is -2.24. The number of esters is 1. The number of ether oxygens (including phenoxy) is 1. The predicted molar refractivity (Wildman–Crippen MR) is 131 cm³/mol. The van der Waals surface area contributed by atoms with Gasteiger partial charge in [0.05, 0.1) is 19.3 Å². The van der Waals surface area contributed by atoms with Gasteiger partial charge < -0.3 is 14.9 Å². The minimum atomic E-state index is -0.443. The van der Waals surface area contributed by atoms with Crippen molar-refractivity contribution < 1.29 is 19.7 Å². The van der Waals surface area contributed by atoms with Crippen LogP contribution < -0.4 is 0 Å². The van der Waals surface area contributed by atoms with E-state index in [1.165, 1.54) is 7.11 Å². The van der Waals surface area contributed by atoms with Crippen molar-refractivity contribution in [3.63, 3.8) is 0 Å². The number of aliphatic hydroxyl groups is 2. The van der Waals surface area contributed by atoms with Gasteiger partial charge in [-0.25, -0.2) is 0 Å². The summed E-state index contributed by atoms with van der Waals surface area (Å²) in [5.74, 6) is 0.141. The van der Waals surface area contributed by atoms with E-state index in [1.54, 1.807) is 0 Å². The van der Waals surface area contributed by atoms with Crippen LogP contribution in [0.3, 0.4) is 0 Å². The summed E-state index contributed by atoms with van der Waals surface area (Å²) in [6.45, 7) is 6.68. The number of aliphatic hydroxyl groups excluding tert-OH is 2. The molecule has 0 aliphatic heterocycles. The Morgan fingerprint density at radius 3 is 2.41 bits per heavy atom. The van der Waals surface area contributed by atoms with Gasteiger partial charge in [-0.3, -0.25) is 4.79 Å². The summed E-state index contributed by atoms with van der Waals surface area (Å²) in [4.78, 5) is 11.2. The summed E-state index contributed by atoms with van der Waals surface area (Å²) in [7, 11) is 1.43. The standard InChI is InChI=1S/C27H43ClO4/c1-27(2,3)17-9-11-23(29)19-13-15-20(16-14-19)26-21(22(28)18-24(26)30)10-7-5-6-8-12-25(31)32-4/h13-16,21-24,26,29-30H,5-12,17-18H2,1-4H3/t21-,22+,23?,24+,26+/m0/s1. The maximum Gasteiger partial charge on any atom is 0.305 e. The van der Waals surface area contributed by atoms with Gasteiger partial charge in [-0.1, -0.05) is 70.7 Å². The number of unbranched alkanes of at least 4 members (excludes halogenated alkanes) is 3. The van der Waals surface area contributed by atoms with Crippen LogP contribution in [0.5, 0.6) is 0 Å². The molecule has 0 heterocycles. The SMILES string of the molecule is COC(=O)CCCCCC[C@@H]1[C@@H](c2ccc(C(O)CCCC(C)(C)C)cc2)[C@H](O)C[C@H]1Cl. The first kappa shape index (κ1) is 27.1. The Morgan fingerprint density at radius 1 is 1.12 bits per heavy atom. The van der Waals surface area contributed by atoms with Gasteiger partial charge in [0.2, 0.25) is 0 Å². The smallest absolute Gasteiger partial charge is 0.305 e. The second kappa shape index (κ2) is 13.0. The van der Waals surface area contributed by atoms with Gasteiger partial charge in [0, 0.05) is 17.7 Å². The van der Waals surface area contributed by atoms with Crippen molar-refractivity contribution in [2.24, 2.45) is 11.3 Å². The molecule has 2 N–H and O–H groups in total. The lowest BCUT2D eigenvalue weighted by atomic mass is 9.83. The molecule has 5 heteroatoms. The van der Waals surface area contributed by atoms with Crippen molar-refractivity contribution in [2.75, 3.05) is 7.11 Å². The van der Waals surface area contributed by atoms with Crippen molar-refractivity contribution in [1.82, 2.24) is 0 Å². The lowest BCUT2D eigenvalue weighted by molar-refractivity contribution is -0.140. The molecule has 2 rings (SSSR count).